The monoisotopic (exact) mass is 372 g/mol. The minimum atomic E-state index is -0.185. The molecule has 2 aromatic rings. The molecule has 0 fully saturated rings. The molecule has 0 saturated heterocycles. The van der Waals surface area contributed by atoms with Crippen molar-refractivity contribution in [3.8, 4) is 0 Å². The molecule has 26 heavy (non-hydrogen) atoms. The SMILES string of the molecule is CCc1cccc(C)c1NC(=O)CN(CCc1cccc(Cl)c1)C(C)=O. The van der Waals surface area contributed by atoms with Crippen molar-refractivity contribution >= 4 is 29.1 Å². The number of hydrogen-bond acceptors (Lipinski definition) is 2. The van der Waals surface area contributed by atoms with Crippen LogP contribution in [0.25, 0.3) is 0 Å². The number of halogens is 1. The second kappa shape index (κ2) is 9.39. The lowest BCUT2D eigenvalue weighted by atomic mass is 10.1. The van der Waals surface area contributed by atoms with Gasteiger partial charge < -0.3 is 10.2 Å². The molecule has 0 aliphatic rings. The summed E-state index contributed by atoms with van der Waals surface area (Å²) in [5.41, 5.74) is 3.99. The van der Waals surface area contributed by atoms with E-state index in [9.17, 15) is 9.59 Å². The van der Waals surface area contributed by atoms with Crippen LogP contribution >= 0.6 is 11.6 Å². The van der Waals surface area contributed by atoms with Gasteiger partial charge in [0.1, 0.15) is 0 Å². The van der Waals surface area contributed by atoms with E-state index in [1.54, 1.807) is 4.90 Å². The van der Waals surface area contributed by atoms with Gasteiger partial charge in [-0.05, 0) is 48.6 Å². The second-order valence-corrected chi connectivity index (χ2v) is 6.77. The van der Waals surface area contributed by atoms with Crippen LogP contribution in [0.2, 0.25) is 5.02 Å². The lowest BCUT2D eigenvalue weighted by Crippen LogP contribution is -2.38. The van der Waals surface area contributed by atoms with E-state index in [1.807, 2.05) is 49.4 Å². The Hall–Kier alpha value is -2.33. The molecular weight excluding hydrogens is 348 g/mol. The average molecular weight is 373 g/mol. The smallest absolute Gasteiger partial charge is 0.244 e. The highest BCUT2D eigenvalue weighted by atomic mass is 35.5. The third-order valence-corrected chi connectivity index (χ3v) is 4.58. The fourth-order valence-corrected chi connectivity index (χ4v) is 3.07. The lowest BCUT2D eigenvalue weighted by molar-refractivity contribution is -0.132. The van der Waals surface area contributed by atoms with Crippen molar-refractivity contribution in [1.29, 1.82) is 0 Å². The van der Waals surface area contributed by atoms with Crippen LogP contribution in [0.4, 0.5) is 5.69 Å². The largest absolute Gasteiger partial charge is 0.333 e. The first-order valence-corrected chi connectivity index (χ1v) is 9.16. The fraction of sp³-hybridized carbons (Fsp3) is 0.333. The number of nitrogens with zero attached hydrogens (tertiary/aromatic N) is 1. The highest BCUT2D eigenvalue weighted by molar-refractivity contribution is 6.30. The molecule has 1 N–H and O–H groups in total. The van der Waals surface area contributed by atoms with Gasteiger partial charge in [-0.25, -0.2) is 0 Å². The van der Waals surface area contributed by atoms with E-state index in [2.05, 4.69) is 12.2 Å². The Balaban J connectivity index is 2.01. The molecule has 2 aromatic carbocycles. The highest BCUT2D eigenvalue weighted by Gasteiger charge is 2.15. The van der Waals surface area contributed by atoms with Crippen molar-refractivity contribution < 1.29 is 9.59 Å². The van der Waals surface area contributed by atoms with Crippen LogP contribution < -0.4 is 5.32 Å². The van der Waals surface area contributed by atoms with Gasteiger partial charge in [0.2, 0.25) is 11.8 Å². The van der Waals surface area contributed by atoms with Crippen LogP contribution in [0.5, 0.6) is 0 Å². The zero-order valence-electron chi connectivity index (χ0n) is 15.5. The third kappa shape index (κ3) is 5.60. The van der Waals surface area contributed by atoms with Crippen molar-refractivity contribution in [2.45, 2.75) is 33.6 Å². The van der Waals surface area contributed by atoms with E-state index in [4.69, 9.17) is 11.6 Å². The highest BCUT2D eigenvalue weighted by Crippen LogP contribution is 2.21. The molecule has 2 amide bonds. The van der Waals surface area contributed by atoms with E-state index in [1.165, 1.54) is 6.92 Å². The van der Waals surface area contributed by atoms with Crippen LogP contribution in [0.1, 0.15) is 30.5 Å². The Kier molecular flexibility index (Phi) is 7.22. The molecule has 4 nitrogen and oxygen atoms in total. The number of carbonyl (C=O) groups excluding carboxylic acids is 2. The molecule has 0 heterocycles. The first-order chi connectivity index (χ1) is 12.4. The molecule has 0 aliphatic carbocycles. The van der Waals surface area contributed by atoms with Crippen molar-refractivity contribution in [2.75, 3.05) is 18.4 Å². The molecule has 0 bridgehead atoms. The van der Waals surface area contributed by atoms with Gasteiger partial charge in [0.25, 0.3) is 0 Å². The predicted octanol–water partition coefficient (Wildman–Crippen LogP) is 4.24. The van der Waals surface area contributed by atoms with Crippen molar-refractivity contribution in [1.82, 2.24) is 4.90 Å². The maximum Gasteiger partial charge on any atom is 0.244 e. The standard InChI is InChI=1S/C21H25ClN2O2/c1-4-18-9-5-7-15(2)21(18)23-20(26)14-24(16(3)25)12-11-17-8-6-10-19(22)13-17/h5-10,13H,4,11-12,14H2,1-3H3,(H,23,26). The van der Waals surface area contributed by atoms with Gasteiger partial charge in [-0.3, -0.25) is 9.59 Å². The molecule has 2 rings (SSSR count). The molecule has 0 unspecified atom stereocenters. The summed E-state index contributed by atoms with van der Waals surface area (Å²) in [6.45, 7) is 6.01. The number of hydrogen-bond donors (Lipinski definition) is 1. The van der Waals surface area contributed by atoms with Gasteiger partial charge in [0.15, 0.2) is 0 Å². The minimum Gasteiger partial charge on any atom is -0.333 e. The normalized spacial score (nSPS) is 10.5. The first kappa shape index (κ1) is 20.0. The molecule has 0 atom stereocenters. The molecule has 0 aliphatic heterocycles. The molecule has 5 heteroatoms. The summed E-state index contributed by atoms with van der Waals surface area (Å²) in [5, 5.41) is 3.64. The van der Waals surface area contributed by atoms with E-state index in [-0.39, 0.29) is 18.4 Å². The summed E-state index contributed by atoms with van der Waals surface area (Å²) in [6.07, 6.45) is 1.49. The number of rotatable bonds is 7. The molecule has 0 aromatic heterocycles. The number of carbonyl (C=O) groups is 2. The van der Waals surface area contributed by atoms with Crippen molar-refractivity contribution in [3.63, 3.8) is 0 Å². The van der Waals surface area contributed by atoms with E-state index in [0.29, 0.717) is 18.0 Å². The van der Waals surface area contributed by atoms with Crippen LogP contribution in [-0.4, -0.2) is 29.8 Å². The fourth-order valence-electron chi connectivity index (χ4n) is 2.86. The van der Waals surface area contributed by atoms with Gasteiger partial charge in [-0.1, -0.05) is 48.9 Å². The van der Waals surface area contributed by atoms with Crippen LogP contribution in [0.3, 0.4) is 0 Å². The van der Waals surface area contributed by atoms with Gasteiger partial charge >= 0.3 is 0 Å². The lowest BCUT2D eigenvalue weighted by Gasteiger charge is -2.21. The second-order valence-electron chi connectivity index (χ2n) is 6.33. The molecule has 0 saturated carbocycles. The van der Waals surface area contributed by atoms with Gasteiger partial charge in [-0.15, -0.1) is 0 Å². The zero-order chi connectivity index (χ0) is 19.1. The summed E-state index contributed by atoms with van der Waals surface area (Å²) >= 11 is 6.00. The van der Waals surface area contributed by atoms with Gasteiger partial charge in [0, 0.05) is 24.2 Å². The zero-order valence-corrected chi connectivity index (χ0v) is 16.3. The Morgan fingerprint density at radius 1 is 1.15 bits per heavy atom. The van der Waals surface area contributed by atoms with Crippen LogP contribution in [0.15, 0.2) is 42.5 Å². The Labute approximate surface area is 160 Å². The third-order valence-electron chi connectivity index (χ3n) is 4.34. The number of anilines is 1. The molecular formula is C21H25ClN2O2. The van der Waals surface area contributed by atoms with Crippen LogP contribution in [-0.2, 0) is 22.4 Å². The minimum absolute atomic E-state index is 0.0351. The van der Waals surface area contributed by atoms with Crippen molar-refractivity contribution in [3.05, 3.63) is 64.2 Å². The molecule has 0 radical (unpaired) electrons. The summed E-state index contributed by atoms with van der Waals surface area (Å²) in [7, 11) is 0. The quantitative estimate of drug-likeness (QED) is 0.790. The van der Waals surface area contributed by atoms with E-state index in [0.717, 1.165) is 28.8 Å². The number of amides is 2. The maximum atomic E-state index is 12.5. The van der Waals surface area contributed by atoms with E-state index < -0.39 is 0 Å². The van der Waals surface area contributed by atoms with Crippen LogP contribution in [0, 0.1) is 6.92 Å². The summed E-state index contributed by atoms with van der Waals surface area (Å²) in [4.78, 5) is 26.0. The molecule has 0 spiro atoms. The topological polar surface area (TPSA) is 49.4 Å². The summed E-state index contributed by atoms with van der Waals surface area (Å²) in [5.74, 6) is -0.307. The Morgan fingerprint density at radius 3 is 2.54 bits per heavy atom. The average Bonchev–Trinajstić information content (AvgIpc) is 2.60. The maximum absolute atomic E-state index is 12.5. The number of nitrogens with one attached hydrogen (secondary N) is 1. The van der Waals surface area contributed by atoms with E-state index >= 15 is 0 Å². The summed E-state index contributed by atoms with van der Waals surface area (Å²) < 4.78 is 0. The Bertz CT molecular complexity index is 789. The predicted molar refractivity (Wildman–Crippen MR) is 107 cm³/mol. The van der Waals surface area contributed by atoms with Crippen molar-refractivity contribution in [2.24, 2.45) is 0 Å². The first-order valence-electron chi connectivity index (χ1n) is 8.79. The Morgan fingerprint density at radius 2 is 1.88 bits per heavy atom. The summed E-state index contributed by atoms with van der Waals surface area (Å²) in [6, 6.07) is 13.5. The number of para-hydroxylation sites is 1. The van der Waals surface area contributed by atoms with Gasteiger partial charge in [0.05, 0.1) is 6.54 Å². The number of aryl methyl sites for hydroxylation is 2. The number of benzene rings is 2. The molecule has 138 valence electrons. The van der Waals surface area contributed by atoms with Gasteiger partial charge in [-0.2, -0.15) is 0 Å².